The fourth-order valence-electron chi connectivity index (χ4n) is 1.92. The van der Waals surface area contributed by atoms with Crippen LogP contribution in [0.25, 0.3) is 0 Å². The van der Waals surface area contributed by atoms with Crippen LogP contribution < -0.4 is 0 Å². The van der Waals surface area contributed by atoms with Gasteiger partial charge >= 0.3 is 0 Å². The minimum atomic E-state index is 0. The van der Waals surface area contributed by atoms with Crippen LogP contribution in [0, 0.1) is 6.08 Å². The van der Waals surface area contributed by atoms with E-state index in [-0.39, 0.29) is 17.1 Å². The Morgan fingerprint density at radius 2 is 2.20 bits per heavy atom. The van der Waals surface area contributed by atoms with Crippen molar-refractivity contribution in [1.82, 2.24) is 4.90 Å². The SMILES string of the molecule is CN(C)CC1=[C-]CC=C1C1=CC=CC1.[Fe]. The fraction of sp³-hybridized carbons (Fsp3) is 0.385. The molecule has 0 aromatic carbocycles. The van der Waals surface area contributed by atoms with Gasteiger partial charge in [0.15, 0.2) is 0 Å². The Morgan fingerprint density at radius 3 is 2.80 bits per heavy atom. The van der Waals surface area contributed by atoms with Crippen LogP contribution in [0.3, 0.4) is 0 Å². The van der Waals surface area contributed by atoms with Crippen molar-refractivity contribution < 1.29 is 17.1 Å². The third kappa shape index (κ3) is 2.94. The van der Waals surface area contributed by atoms with Gasteiger partial charge in [0, 0.05) is 17.1 Å². The standard InChI is InChI=1S/C13H16N.Fe/c1-14(2)10-12-8-5-9-13(12)11-6-3-4-7-11;/h3-4,6,9H,5,7,10H2,1-2H3;/q-1;. The number of nitrogens with zero attached hydrogens (tertiary/aromatic N) is 1. The Balaban J connectivity index is 0.00000112. The maximum absolute atomic E-state index is 3.43. The molecule has 0 N–H and O–H groups in total. The van der Waals surface area contributed by atoms with Gasteiger partial charge in [0.25, 0.3) is 0 Å². The molecule has 0 amide bonds. The van der Waals surface area contributed by atoms with Crippen LogP contribution in [0.5, 0.6) is 0 Å². The van der Waals surface area contributed by atoms with Gasteiger partial charge in [0.05, 0.1) is 0 Å². The third-order valence-electron chi connectivity index (χ3n) is 2.54. The Bertz CT molecular complexity index is 346. The minimum absolute atomic E-state index is 0. The molecule has 2 heteroatoms. The molecule has 0 fully saturated rings. The summed E-state index contributed by atoms with van der Waals surface area (Å²) in [6.07, 6.45) is 14.4. The van der Waals surface area contributed by atoms with Gasteiger partial charge in [0.1, 0.15) is 0 Å². The van der Waals surface area contributed by atoms with Crippen LogP contribution in [0.4, 0.5) is 0 Å². The number of rotatable bonds is 3. The van der Waals surface area contributed by atoms with E-state index in [1.807, 2.05) is 0 Å². The second kappa shape index (κ2) is 5.50. The van der Waals surface area contributed by atoms with Gasteiger partial charge in [0.2, 0.25) is 0 Å². The van der Waals surface area contributed by atoms with Crippen LogP contribution in [0.2, 0.25) is 0 Å². The number of hydrogen-bond acceptors (Lipinski definition) is 1. The van der Waals surface area contributed by atoms with E-state index in [2.05, 4.69) is 49.4 Å². The van der Waals surface area contributed by atoms with Crippen molar-refractivity contribution in [2.75, 3.05) is 20.6 Å². The topological polar surface area (TPSA) is 3.24 Å². The molecule has 0 aromatic rings. The molecule has 0 atom stereocenters. The Hall–Kier alpha value is -0.561. The van der Waals surface area contributed by atoms with Crippen LogP contribution >= 0.6 is 0 Å². The Kier molecular flexibility index (Phi) is 4.59. The average molecular weight is 242 g/mol. The van der Waals surface area contributed by atoms with Gasteiger partial charge in [-0.3, -0.25) is 6.08 Å². The van der Waals surface area contributed by atoms with Crippen LogP contribution in [-0.2, 0) is 17.1 Å². The molecule has 0 heterocycles. The summed E-state index contributed by atoms with van der Waals surface area (Å²) >= 11 is 0. The van der Waals surface area contributed by atoms with Gasteiger partial charge in [-0.15, -0.1) is 12.0 Å². The van der Waals surface area contributed by atoms with Crippen molar-refractivity contribution in [3.8, 4) is 0 Å². The summed E-state index contributed by atoms with van der Waals surface area (Å²) in [7, 11) is 4.21. The maximum Gasteiger partial charge on any atom is 0 e. The molecule has 0 saturated heterocycles. The van der Waals surface area contributed by atoms with Gasteiger partial charge < -0.3 is 4.90 Å². The molecule has 15 heavy (non-hydrogen) atoms. The van der Waals surface area contributed by atoms with E-state index in [4.69, 9.17) is 0 Å². The van der Waals surface area contributed by atoms with Crippen molar-refractivity contribution in [3.05, 3.63) is 47.1 Å². The zero-order valence-electron chi connectivity index (χ0n) is 9.23. The third-order valence-corrected chi connectivity index (χ3v) is 2.54. The molecular weight excluding hydrogens is 226 g/mol. The van der Waals surface area contributed by atoms with Gasteiger partial charge in [-0.1, -0.05) is 18.2 Å². The first-order chi connectivity index (χ1) is 6.77. The smallest absolute Gasteiger partial charge is 0 e. The van der Waals surface area contributed by atoms with Crippen LogP contribution in [0.15, 0.2) is 41.0 Å². The largest absolute Gasteiger partial charge is 0.308 e. The predicted octanol–water partition coefficient (Wildman–Crippen LogP) is 2.49. The van der Waals surface area contributed by atoms with E-state index in [1.165, 1.54) is 16.7 Å². The predicted molar refractivity (Wildman–Crippen MR) is 59.9 cm³/mol. The molecule has 0 unspecified atom stereocenters. The van der Waals surface area contributed by atoms with Gasteiger partial charge in [-0.05, 0) is 27.1 Å². The van der Waals surface area contributed by atoms with Crippen LogP contribution in [-0.4, -0.2) is 25.5 Å². The van der Waals surface area contributed by atoms with E-state index < -0.39 is 0 Å². The summed E-state index contributed by atoms with van der Waals surface area (Å²) in [6, 6.07) is 0. The summed E-state index contributed by atoms with van der Waals surface area (Å²) in [4.78, 5) is 2.20. The quantitative estimate of drug-likeness (QED) is 0.543. The first-order valence-electron chi connectivity index (χ1n) is 5.08. The summed E-state index contributed by atoms with van der Waals surface area (Å²) in [5.74, 6) is 0. The van der Waals surface area contributed by atoms with E-state index in [9.17, 15) is 0 Å². The number of allylic oxidation sites excluding steroid dienone is 6. The monoisotopic (exact) mass is 242 g/mol. The summed E-state index contributed by atoms with van der Waals surface area (Å²) in [6.45, 7) is 1.00. The van der Waals surface area contributed by atoms with Crippen molar-refractivity contribution in [3.63, 3.8) is 0 Å². The Morgan fingerprint density at radius 1 is 1.40 bits per heavy atom. The molecule has 0 aliphatic heterocycles. The van der Waals surface area contributed by atoms with Crippen LogP contribution in [0.1, 0.15) is 12.8 Å². The van der Waals surface area contributed by atoms with E-state index >= 15 is 0 Å². The first kappa shape index (κ1) is 12.5. The number of hydrogen-bond donors (Lipinski definition) is 0. The van der Waals surface area contributed by atoms with Crippen molar-refractivity contribution in [1.29, 1.82) is 0 Å². The van der Waals surface area contributed by atoms with Gasteiger partial charge in [-0.2, -0.15) is 11.6 Å². The van der Waals surface area contributed by atoms with E-state index in [0.717, 1.165) is 19.4 Å². The van der Waals surface area contributed by atoms with Crippen molar-refractivity contribution in [2.45, 2.75) is 12.8 Å². The molecule has 82 valence electrons. The second-order valence-electron chi connectivity index (χ2n) is 4.04. The summed E-state index contributed by atoms with van der Waals surface area (Å²) in [5, 5.41) is 0. The second-order valence-corrected chi connectivity index (χ2v) is 4.04. The average Bonchev–Trinajstić information content (AvgIpc) is 2.70. The van der Waals surface area contributed by atoms with Crippen molar-refractivity contribution >= 4 is 0 Å². The molecule has 1 nitrogen and oxygen atoms in total. The molecule has 0 saturated carbocycles. The maximum atomic E-state index is 3.43. The van der Waals surface area contributed by atoms with E-state index in [1.54, 1.807) is 0 Å². The van der Waals surface area contributed by atoms with Crippen molar-refractivity contribution in [2.24, 2.45) is 0 Å². The normalized spacial score (nSPS) is 18.7. The summed E-state index contributed by atoms with van der Waals surface area (Å²) < 4.78 is 0. The minimum Gasteiger partial charge on any atom is -0.308 e. The molecule has 0 bridgehead atoms. The summed E-state index contributed by atoms with van der Waals surface area (Å²) in [5.41, 5.74) is 4.24. The molecule has 2 aliphatic carbocycles. The number of likely N-dealkylation sites (N-methyl/N-ethyl adjacent to an activating group) is 1. The zero-order valence-corrected chi connectivity index (χ0v) is 10.3. The zero-order chi connectivity index (χ0) is 9.97. The molecular formula is C13H16FeN-. The molecule has 0 radical (unpaired) electrons. The van der Waals surface area contributed by atoms with Gasteiger partial charge in [-0.25, -0.2) is 5.57 Å². The Labute approximate surface area is 103 Å². The molecule has 2 rings (SSSR count). The van der Waals surface area contributed by atoms with E-state index in [0.29, 0.717) is 0 Å². The molecule has 0 aromatic heterocycles. The fourth-order valence-corrected chi connectivity index (χ4v) is 1.92. The first-order valence-corrected chi connectivity index (χ1v) is 5.08. The molecule has 2 aliphatic rings. The molecule has 0 spiro atoms.